The topological polar surface area (TPSA) is 66.5 Å². The van der Waals surface area contributed by atoms with Crippen molar-refractivity contribution < 1.29 is 30.8 Å². The zero-order valence-corrected chi connectivity index (χ0v) is 17.5. The number of halogens is 4. The molecular formula is C22H18F4N2O3S. The number of carbonyl (C=O) groups excluding carboxylic acids is 1. The predicted molar refractivity (Wildman–Crippen MR) is 112 cm³/mol. The minimum atomic E-state index is -4.60. The zero-order valence-electron chi connectivity index (χ0n) is 16.7. The van der Waals surface area contributed by atoms with Crippen LogP contribution in [0.3, 0.4) is 0 Å². The van der Waals surface area contributed by atoms with Crippen LogP contribution in [0, 0.1) is 12.7 Å². The first-order valence-electron chi connectivity index (χ1n) is 9.29. The van der Waals surface area contributed by atoms with Crippen LogP contribution in [0.25, 0.3) is 0 Å². The number of amides is 1. The summed E-state index contributed by atoms with van der Waals surface area (Å²) in [6.45, 7) is 1.04. The first-order chi connectivity index (χ1) is 15.0. The van der Waals surface area contributed by atoms with Crippen LogP contribution >= 0.6 is 0 Å². The van der Waals surface area contributed by atoms with Crippen molar-refractivity contribution in [3.8, 4) is 0 Å². The Morgan fingerprint density at radius 1 is 0.969 bits per heavy atom. The molecule has 3 rings (SSSR count). The fourth-order valence-electron chi connectivity index (χ4n) is 2.86. The first-order valence-corrected chi connectivity index (χ1v) is 10.7. The Morgan fingerprint density at radius 3 is 2.19 bits per heavy atom. The van der Waals surface area contributed by atoms with Crippen LogP contribution in [-0.2, 0) is 21.0 Å². The first kappa shape index (κ1) is 23.3. The monoisotopic (exact) mass is 466 g/mol. The van der Waals surface area contributed by atoms with Crippen molar-refractivity contribution in [1.29, 1.82) is 0 Å². The van der Waals surface area contributed by atoms with E-state index in [1.165, 1.54) is 30.3 Å². The molecule has 0 aliphatic heterocycles. The van der Waals surface area contributed by atoms with E-state index in [9.17, 15) is 30.8 Å². The highest BCUT2D eigenvalue weighted by Gasteiger charge is 2.31. The van der Waals surface area contributed by atoms with Crippen molar-refractivity contribution in [1.82, 2.24) is 0 Å². The van der Waals surface area contributed by atoms with Gasteiger partial charge in [0, 0.05) is 5.69 Å². The third-order valence-electron chi connectivity index (χ3n) is 4.48. The van der Waals surface area contributed by atoms with E-state index >= 15 is 0 Å². The van der Waals surface area contributed by atoms with Gasteiger partial charge in [0.05, 0.1) is 16.1 Å². The van der Waals surface area contributed by atoms with E-state index in [-0.39, 0.29) is 16.3 Å². The van der Waals surface area contributed by atoms with Gasteiger partial charge in [-0.15, -0.1) is 0 Å². The van der Waals surface area contributed by atoms with Gasteiger partial charge in [0.25, 0.3) is 10.0 Å². The van der Waals surface area contributed by atoms with E-state index in [4.69, 9.17) is 0 Å². The molecule has 0 saturated carbocycles. The molecule has 3 aromatic carbocycles. The number of anilines is 2. The Labute approximate surface area is 182 Å². The number of nitrogens with one attached hydrogen (secondary N) is 1. The lowest BCUT2D eigenvalue weighted by atomic mass is 10.2. The van der Waals surface area contributed by atoms with Gasteiger partial charge in [-0.05, 0) is 61.5 Å². The number of sulfonamides is 1. The van der Waals surface area contributed by atoms with Crippen molar-refractivity contribution in [3.05, 3.63) is 89.7 Å². The smallest absolute Gasteiger partial charge is 0.325 e. The summed E-state index contributed by atoms with van der Waals surface area (Å²) in [7, 11) is -4.23. The number of hydrogen-bond acceptors (Lipinski definition) is 3. The van der Waals surface area contributed by atoms with E-state index in [1.54, 1.807) is 19.1 Å². The predicted octanol–water partition coefficient (Wildman–Crippen LogP) is 4.99. The summed E-state index contributed by atoms with van der Waals surface area (Å²) in [6, 6.07) is 14.3. The van der Waals surface area contributed by atoms with E-state index in [2.05, 4.69) is 5.32 Å². The van der Waals surface area contributed by atoms with Gasteiger partial charge in [-0.25, -0.2) is 12.8 Å². The highest BCUT2D eigenvalue weighted by Crippen LogP contribution is 2.31. The van der Waals surface area contributed by atoms with Crippen LogP contribution in [-0.4, -0.2) is 20.9 Å². The molecule has 0 radical (unpaired) electrons. The van der Waals surface area contributed by atoms with E-state index < -0.39 is 40.0 Å². The molecule has 0 heterocycles. The molecular weight excluding hydrogens is 448 g/mol. The molecule has 0 spiro atoms. The maximum Gasteiger partial charge on any atom is 0.416 e. The van der Waals surface area contributed by atoms with Crippen LogP contribution in [0.1, 0.15) is 11.1 Å². The van der Waals surface area contributed by atoms with Crippen LogP contribution < -0.4 is 9.62 Å². The summed E-state index contributed by atoms with van der Waals surface area (Å²) >= 11 is 0. The number of carbonyl (C=O) groups is 1. The molecule has 5 nitrogen and oxygen atoms in total. The van der Waals surface area contributed by atoms with Crippen molar-refractivity contribution in [2.75, 3.05) is 16.2 Å². The summed E-state index contributed by atoms with van der Waals surface area (Å²) in [5, 5.41) is 2.28. The second-order valence-corrected chi connectivity index (χ2v) is 8.79. The van der Waals surface area contributed by atoms with Gasteiger partial charge >= 0.3 is 6.18 Å². The van der Waals surface area contributed by atoms with E-state index in [0.29, 0.717) is 0 Å². The lowest BCUT2D eigenvalue weighted by Gasteiger charge is -2.24. The number of rotatable bonds is 6. The molecule has 3 aromatic rings. The summed E-state index contributed by atoms with van der Waals surface area (Å²) in [4.78, 5) is 12.5. The minimum absolute atomic E-state index is 0.0196. The lowest BCUT2D eigenvalue weighted by molar-refractivity contribution is -0.137. The van der Waals surface area contributed by atoms with Gasteiger partial charge in [0.15, 0.2) is 0 Å². The van der Waals surface area contributed by atoms with Crippen molar-refractivity contribution >= 4 is 27.3 Å². The van der Waals surface area contributed by atoms with Crippen LogP contribution in [0.15, 0.2) is 77.7 Å². The third kappa shape index (κ3) is 5.44. The number of alkyl halides is 3. The summed E-state index contributed by atoms with van der Waals surface area (Å²) in [5.41, 5.74) is -0.264. The molecule has 0 fully saturated rings. The molecule has 1 amide bonds. The fourth-order valence-corrected chi connectivity index (χ4v) is 4.29. The number of nitrogens with zero attached hydrogens (tertiary/aromatic N) is 1. The number of aryl methyl sites for hydroxylation is 1. The summed E-state index contributed by atoms with van der Waals surface area (Å²) in [6.07, 6.45) is -4.60. The number of benzene rings is 3. The average molecular weight is 466 g/mol. The Balaban J connectivity index is 1.92. The van der Waals surface area contributed by atoms with Crippen molar-refractivity contribution in [2.24, 2.45) is 0 Å². The van der Waals surface area contributed by atoms with Crippen LogP contribution in [0.2, 0.25) is 0 Å². The van der Waals surface area contributed by atoms with E-state index in [1.807, 2.05) is 0 Å². The van der Waals surface area contributed by atoms with E-state index in [0.717, 1.165) is 40.2 Å². The van der Waals surface area contributed by atoms with Gasteiger partial charge < -0.3 is 5.32 Å². The molecule has 0 bridgehead atoms. The molecule has 0 atom stereocenters. The highest BCUT2D eigenvalue weighted by atomic mass is 32.2. The Kier molecular flexibility index (Phi) is 6.54. The van der Waals surface area contributed by atoms with Gasteiger partial charge in [-0.2, -0.15) is 13.2 Å². The average Bonchev–Trinajstić information content (AvgIpc) is 2.72. The minimum Gasteiger partial charge on any atom is -0.325 e. The number of hydrogen-bond donors (Lipinski definition) is 1. The molecule has 10 heteroatoms. The molecule has 0 aliphatic rings. The molecule has 0 unspecified atom stereocenters. The highest BCUT2D eigenvalue weighted by molar-refractivity contribution is 7.92. The normalized spacial score (nSPS) is 11.8. The zero-order chi connectivity index (χ0) is 23.5. The fraction of sp³-hybridized carbons (Fsp3) is 0.136. The molecule has 1 N–H and O–H groups in total. The Morgan fingerprint density at radius 2 is 1.59 bits per heavy atom. The van der Waals surface area contributed by atoms with Gasteiger partial charge in [0.1, 0.15) is 12.4 Å². The maximum absolute atomic E-state index is 13.4. The van der Waals surface area contributed by atoms with Crippen molar-refractivity contribution in [2.45, 2.75) is 18.0 Å². The van der Waals surface area contributed by atoms with Gasteiger partial charge in [0.2, 0.25) is 5.91 Å². The maximum atomic E-state index is 13.4. The Hall–Kier alpha value is -3.40. The quantitative estimate of drug-likeness (QED) is 0.521. The van der Waals surface area contributed by atoms with Gasteiger partial charge in [-0.1, -0.05) is 23.8 Å². The lowest BCUT2D eigenvalue weighted by Crippen LogP contribution is -2.38. The Bertz CT molecular complexity index is 1210. The molecule has 168 valence electrons. The molecule has 32 heavy (non-hydrogen) atoms. The molecule has 0 aliphatic carbocycles. The van der Waals surface area contributed by atoms with Gasteiger partial charge in [-0.3, -0.25) is 9.10 Å². The summed E-state index contributed by atoms with van der Waals surface area (Å²) < 4.78 is 79.3. The van der Waals surface area contributed by atoms with Crippen LogP contribution in [0.4, 0.5) is 28.9 Å². The second kappa shape index (κ2) is 8.99. The van der Waals surface area contributed by atoms with Crippen LogP contribution in [0.5, 0.6) is 0 Å². The third-order valence-corrected chi connectivity index (χ3v) is 6.27. The second-order valence-electron chi connectivity index (χ2n) is 6.93. The molecule has 0 aromatic heterocycles. The summed E-state index contributed by atoms with van der Waals surface area (Å²) in [5.74, 6) is -1.47. The molecule has 0 saturated heterocycles. The van der Waals surface area contributed by atoms with Crippen molar-refractivity contribution in [3.63, 3.8) is 0 Å². The standard InChI is InChI=1S/C22H18F4N2O3S/c1-15-5-11-20(12-6-15)32(30,31)28(19-9-7-17(23)8-10-19)14-21(29)27-18-4-2-3-16(13-18)22(24,25)26/h2-13H,14H2,1H3,(H,27,29). The SMILES string of the molecule is Cc1ccc(S(=O)(=O)N(CC(=O)Nc2cccc(C(F)(F)F)c2)c2ccc(F)cc2)cc1. The largest absolute Gasteiger partial charge is 0.416 e.